The second-order valence-electron chi connectivity index (χ2n) is 11.2. The van der Waals surface area contributed by atoms with Gasteiger partial charge in [-0.15, -0.1) is 0 Å². The highest BCUT2D eigenvalue weighted by atomic mass is 35.5. The van der Waals surface area contributed by atoms with Crippen LogP contribution >= 0.6 is 11.6 Å². The quantitative estimate of drug-likeness (QED) is 0.152. The first-order chi connectivity index (χ1) is 19.1. The molecule has 0 spiro atoms. The Balaban J connectivity index is 2.08. The first kappa shape index (κ1) is 32.8. The largest absolute Gasteiger partial charge is 0.493 e. The van der Waals surface area contributed by atoms with Crippen LogP contribution in [0.5, 0.6) is 11.5 Å². The lowest BCUT2D eigenvalue weighted by atomic mass is 10.0. The van der Waals surface area contributed by atoms with E-state index >= 15 is 0 Å². The maximum Gasteiger partial charge on any atom is 0.264 e. The summed E-state index contributed by atoms with van der Waals surface area (Å²) in [5.41, 5.74) is 0.441. The van der Waals surface area contributed by atoms with E-state index in [0.717, 1.165) is 0 Å². The smallest absolute Gasteiger partial charge is 0.264 e. The van der Waals surface area contributed by atoms with E-state index in [9.17, 15) is 17.2 Å². The summed E-state index contributed by atoms with van der Waals surface area (Å²) in [6, 6.07) is 12.6. The summed E-state index contributed by atoms with van der Waals surface area (Å²) in [4.78, 5) is -0.0292. The Hall–Kier alpha value is -2.66. The Labute approximate surface area is 248 Å². The van der Waals surface area contributed by atoms with Crippen molar-refractivity contribution in [3.05, 3.63) is 82.4 Å². The van der Waals surface area contributed by atoms with E-state index in [4.69, 9.17) is 25.5 Å². The van der Waals surface area contributed by atoms with Crippen LogP contribution in [0.15, 0.2) is 59.5 Å². The van der Waals surface area contributed by atoms with Gasteiger partial charge in [0.05, 0.1) is 24.8 Å². The molecule has 41 heavy (non-hydrogen) atoms. The fourth-order valence-electron chi connectivity index (χ4n) is 4.06. The Bertz CT molecular complexity index is 1460. The molecule has 0 unspecified atom stereocenters. The molecule has 0 saturated carbocycles. The van der Waals surface area contributed by atoms with Gasteiger partial charge < -0.3 is 13.9 Å². The van der Waals surface area contributed by atoms with Crippen molar-refractivity contribution in [1.82, 2.24) is 0 Å². The second kappa shape index (κ2) is 13.1. The third-order valence-electron chi connectivity index (χ3n) is 7.46. The zero-order valence-corrected chi connectivity index (χ0v) is 27.1. The standard InChI is InChI=1S/C30H38ClF2NO5SSi/c1-30(2,3)41(6,7)39-17-9-16-34(40(35,36)23-13-15-28(37-4)29(20-23)38-5)27-14-12-22(31)18-21(27)19-24-25(32)10-8-11-26(24)33/h8,10-15,18,20H,9,16-17,19H2,1-7H3. The lowest BCUT2D eigenvalue weighted by molar-refractivity contribution is 0.285. The van der Waals surface area contributed by atoms with Crippen LogP contribution in [0.25, 0.3) is 0 Å². The van der Waals surface area contributed by atoms with Crippen molar-refractivity contribution < 1.29 is 31.1 Å². The van der Waals surface area contributed by atoms with Crippen LogP contribution in [0, 0.1) is 11.6 Å². The van der Waals surface area contributed by atoms with Gasteiger partial charge in [0, 0.05) is 36.2 Å². The van der Waals surface area contributed by atoms with Gasteiger partial charge in [-0.05, 0) is 72.6 Å². The minimum atomic E-state index is -4.18. The summed E-state index contributed by atoms with van der Waals surface area (Å²) < 4.78 is 75.8. The number of benzene rings is 3. The number of methoxy groups -OCH3 is 2. The van der Waals surface area contributed by atoms with Gasteiger partial charge in [0.25, 0.3) is 10.0 Å². The number of hydrogen-bond acceptors (Lipinski definition) is 5. The fraction of sp³-hybridized carbons (Fsp3) is 0.400. The normalized spacial score (nSPS) is 12.3. The molecule has 0 aliphatic rings. The van der Waals surface area contributed by atoms with E-state index in [2.05, 4.69) is 33.9 Å². The molecule has 0 N–H and O–H groups in total. The molecule has 3 aromatic rings. The summed E-state index contributed by atoms with van der Waals surface area (Å²) in [5, 5.41) is 0.302. The molecule has 0 aliphatic heterocycles. The molecule has 3 aromatic carbocycles. The number of hydrogen-bond donors (Lipinski definition) is 0. The number of rotatable bonds is 12. The molecule has 6 nitrogen and oxygen atoms in total. The summed E-state index contributed by atoms with van der Waals surface area (Å²) in [6.07, 6.45) is 0.183. The highest BCUT2D eigenvalue weighted by molar-refractivity contribution is 7.92. The van der Waals surface area contributed by atoms with Crippen LogP contribution < -0.4 is 13.8 Å². The molecule has 0 aromatic heterocycles. The van der Waals surface area contributed by atoms with Gasteiger partial charge in [-0.25, -0.2) is 17.2 Å². The first-order valence-electron chi connectivity index (χ1n) is 13.2. The van der Waals surface area contributed by atoms with Gasteiger partial charge in [0.2, 0.25) is 0 Å². The third kappa shape index (κ3) is 7.60. The van der Waals surface area contributed by atoms with Crippen LogP contribution in [0.2, 0.25) is 23.2 Å². The molecule has 224 valence electrons. The Morgan fingerprint density at radius 1 is 0.927 bits per heavy atom. The van der Waals surface area contributed by atoms with E-state index < -0.39 is 30.0 Å². The van der Waals surface area contributed by atoms with Crippen molar-refractivity contribution in [2.45, 2.75) is 56.6 Å². The number of ether oxygens (including phenoxy) is 2. The summed E-state index contributed by atoms with van der Waals surface area (Å²) in [6.45, 7) is 11.1. The highest BCUT2D eigenvalue weighted by Crippen LogP contribution is 2.38. The van der Waals surface area contributed by atoms with Crippen molar-refractivity contribution in [2.75, 3.05) is 31.7 Å². The van der Waals surface area contributed by atoms with Gasteiger partial charge in [0.15, 0.2) is 19.8 Å². The van der Waals surface area contributed by atoms with E-state index in [1.54, 1.807) is 12.1 Å². The second-order valence-corrected chi connectivity index (χ2v) is 18.3. The minimum absolute atomic E-state index is 0.00834. The van der Waals surface area contributed by atoms with E-state index in [1.165, 1.54) is 61.0 Å². The SMILES string of the molecule is COc1ccc(S(=O)(=O)N(CCCO[Si](C)(C)C(C)(C)C)c2ccc(Cl)cc2Cc2c(F)cccc2F)cc1OC. The molecule has 11 heteroatoms. The van der Waals surface area contributed by atoms with E-state index in [1.807, 2.05) is 0 Å². The predicted octanol–water partition coefficient (Wildman–Crippen LogP) is 7.83. The van der Waals surface area contributed by atoms with Gasteiger partial charge in [-0.2, -0.15) is 0 Å². The van der Waals surface area contributed by atoms with Crippen molar-refractivity contribution in [3.63, 3.8) is 0 Å². The highest BCUT2D eigenvalue weighted by Gasteiger charge is 2.37. The van der Waals surface area contributed by atoms with Crippen molar-refractivity contribution in [1.29, 1.82) is 0 Å². The van der Waals surface area contributed by atoms with Crippen LogP contribution in [-0.4, -0.2) is 44.1 Å². The number of anilines is 1. The third-order valence-corrected chi connectivity index (χ3v) is 14.0. The summed E-state index contributed by atoms with van der Waals surface area (Å²) in [5.74, 6) is -0.830. The Morgan fingerprint density at radius 2 is 1.56 bits per heavy atom. The van der Waals surface area contributed by atoms with E-state index in [0.29, 0.717) is 29.4 Å². The molecule has 0 heterocycles. The Morgan fingerprint density at radius 3 is 2.15 bits per heavy atom. The molecule has 0 fully saturated rings. The van der Waals surface area contributed by atoms with Crippen LogP contribution in [-0.2, 0) is 20.9 Å². The lowest BCUT2D eigenvalue weighted by Gasteiger charge is -2.36. The maximum atomic E-state index is 14.6. The van der Waals surface area contributed by atoms with Gasteiger partial charge in [0.1, 0.15) is 11.6 Å². The molecule has 0 aliphatic carbocycles. The minimum Gasteiger partial charge on any atom is -0.493 e. The topological polar surface area (TPSA) is 65.1 Å². The van der Waals surface area contributed by atoms with Crippen LogP contribution in [0.3, 0.4) is 0 Å². The van der Waals surface area contributed by atoms with Crippen molar-refractivity contribution >= 4 is 35.6 Å². The molecule has 0 radical (unpaired) electrons. The maximum absolute atomic E-state index is 14.6. The summed E-state index contributed by atoms with van der Waals surface area (Å²) in [7, 11) is -3.37. The zero-order valence-electron chi connectivity index (χ0n) is 24.6. The average molecular weight is 626 g/mol. The van der Waals surface area contributed by atoms with Crippen molar-refractivity contribution in [2.24, 2.45) is 0 Å². The molecular formula is C30H38ClF2NO5SSi. The number of sulfonamides is 1. The van der Waals surface area contributed by atoms with Crippen molar-refractivity contribution in [3.8, 4) is 11.5 Å². The monoisotopic (exact) mass is 625 g/mol. The Kier molecular flexibility index (Phi) is 10.5. The van der Waals surface area contributed by atoms with Gasteiger partial charge in [-0.3, -0.25) is 4.31 Å². The molecule has 0 amide bonds. The molecule has 0 atom stereocenters. The van der Waals surface area contributed by atoms with Gasteiger partial charge >= 0.3 is 0 Å². The molecule has 0 bridgehead atoms. The van der Waals surface area contributed by atoms with Gasteiger partial charge in [-0.1, -0.05) is 38.4 Å². The summed E-state index contributed by atoms with van der Waals surface area (Å²) >= 11 is 6.29. The van der Waals surface area contributed by atoms with Crippen LogP contribution in [0.1, 0.15) is 38.3 Å². The lowest BCUT2D eigenvalue weighted by Crippen LogP contribution is -2.41. The zero-order chi connectivity index (χ0) is 30.6. The predicted molar refractivity (Wildman–Crippen MR) is 162 cm³/mol. The number of halogens is 3. The number of nitrogens with zero attached hydrogens (tertiary/aromatic N) is 1. The average Bonchev–Trinajstić information content (AvgIpc) is 2.90. The van der Waals surface area contributed by atoms with Crippen LogP contribution in [0.4, 0.5) is 14.5 Å². The molecule has 0 saturated heterocycles. The van der Waals surface area contributed by atoms with E-state index in [-0.39, 0.29) is 39.9 Å². The fourth-order valence-corrected chi connectivity index (χ4v) is 6.90. The molecular weight excluding hydrogens is 588 g/mol. The molecule has 3 rings (SSSR count). The first-order valence-corrected chi connectivity index (χ1v) is 17.9.